The number of aryl methyl sites for hydroxylation is 1. The number of nitrogens with zero attached hydrogens (tertiary/aromatic N) is 2. The predicted molar refractivity (Wildman–Crippen MR) is 54.9 cm³/mol. The third-order valence-electron chi connectivity index (χ3n) is 2.47. The minimum atomic E-state index is -4.40. The van der Waals surface area contributed by atoms with Gasteiger partial charge in [0.05, 0.1) is 11.1 Å². The Bertz CT molecular complexity index is 599. The lowest BCUT2D eigenvalue weighted by atomic mass is 10.2. The van der Waals surface area contributed by atoms with E-state index in [9.17, 15) is 18.0 Å². The molecule has 90 valence electrons. The number of fused-ring (bicyclic) bond motifs is 1. The minimum absolute atomic E-state index is 0.191. The number of carbonyl (C=O) groups is 1. The lowest BCUT2D eigenvalue weighted by Gasteiger charge is -2.07. The van der Waals surface area contributed by atoms with Gasteiger partial charge >= 0.3 is 6.18 Å². The van der Waals surface area contributed by atoms with Gasteiger partial charge in [0.1, 0.15) is 11.5 Å². The van der Waals surface area contributed by atoms with Crippen LogP contribution in [0.25, 0.3) is 5.52 Å². The summed E-state index contributed by atoms with van der Waals surface area (Å²) in [6, 6.07) is 2.21. The van der Waals surface area contributed by atoms with Gasteiger partial charge in [0.15, 0.2) is 5.78 Å². The summed E-state index contributed by atoms with van der Waals surface area (Å²) in [7, 11) is 0. The van der Waals surface area contributed by atoms with E-state index in [0.29, 0.717) is 11.3 Å². The van der Waals surface area contributed by atoms with Gasteiger partial charge in [0.2, 0.25) is 0 Å². The molecule has 0 bridgehead atoms. The van der Waals surface area contributed by atoms with Crippen molar-refractivity contribution in [1.29, 1.82) is 0 Å². The number of ketones is 1. The molecule has 0 saturated heterocycles. The highest BCUT2D eigenvalue weighted by molar-refractivity contribution is 5.99. The number of alkyl halides is 3. The van der Waals surface area contributed by atoms with Crippen LogP contribution < -0.4 is 0 Å². The maximum Gasteiger partial charge on any atom is 0.417 e. The molecule has 0 aliphatic heterocycles. The summed E-state index contributed by atoms with van der Waals surface area (Å²) in [4.78, 5) is 15.2. The zero-order valence-electron chi connectivity index (χ0n) is 9.17. The van der Waals surface area contributed by atoms with Gasteiger partial charge in [-0.05, 0) is 19.1 Å². The molecule has 2 rings (SSSR count). The van der Waals surface area contributed by atoms with Crippen LogP contribution in [0.3, 0.4) is 0 Å². The first kappa shape index (κ1) is 11.6. The van der Waals surface area contributed by atoms with Crippen LogP contribution in [-0.4, -0.2) is 15.2 Å². The summed E-state index contributed by atoms with van der Waals surface area (Å²) in [5, 5.41) is 0. The smallest absolute Gasteiger partial charge is 0.303 e. The number of aromatic nitrogens is 2. The van der Waals surface area contributed by atoms with E-state index >= 15 is 0 Å². The SMILES string of the molecule is CC(=O)c1nc(C)n2cc(C(F)(F)F)ccc12. The van der Waals surface area contributed by atoms with E-state index < -0.39 is 11.7 Å². The highest BCUT2D eigenvalue weighted by Crippen LogP contribution is 2.30. The van der Waals surface area contributed by atoms with Crippen LogP contribution in [0.2, 0.25) is 0 Å². The summed E-state index contributed by atoms with van der Waals surface area (Å²) >= 11 is 0. The van der Waals surface area contributed by atoms with Crippen LogP contribution in [0.15, 0.2) is 18.3 Å². The molecule has 0 spiro atoms. The molecular weight excluding hydrogens is 233 g/mol. The van der Waals surface area contributed by atoms with E-state index in [-0.39, 0.29) is 11.5 Å². The van der Waals surface area contributed by atoms with Crippen molar-refractivity contribution in [3.63, 3.8) is 0 Å². The topological polar surface area (TPSA) is 34.4 Å². The quantitative estimate of drug-likeness (QED) is 0.720. The molecule has 0 fully saturated rings. The van der Waals surface area contributed by atoms with Crippen molar-refractivity contribution in [3.8, 4) is 0 Å². The molecule has 17 heavy (non-hydrogen) atoms. The number of rotatable bonds is 1. The Balaban J connectivity index is 2.72. The van der Waals surface area contributed by atoms with E-state index in [4.69, 9.17) is 0 Å². The third-order valence-corrected chi connectivity index (χ3v) is 2.47. The van der Waals surface area contributed by atoms with Crippen molar-refractivity contribution in [2.45, 2.75) is 20.0 Å². The molecule has 2 aromatic rings. The van der Waals surface area contributed by atoms with Crippen LogP contribution in [0, 0.1) is 6.92 Å². The molecule has 3 nitrogen and oxygen atoms in total. The van der Waals surface area contributed by atoms with E-state index in [1.54, 1.807) is 6.92 Å². The molecule has 0 atom stereocenters. The molecule has 0 aliphatic rings. The highest BCUT2D eigenvalue weighted by Gasteiger charge is 2.31. The van der Waals surface area contributed by atoms with Crippen LogP contribution in [0.4, 0.5) is 13.2 Å². The monoisotopic (exact) mass is 242 g/mol. The number of halogens is 3. The van der Waals surface area contributed by atoms with E-state index in [1.165, 1.54) is 17.4 Å². The zero-order valence-corrected chi connectivity index (χ0v) is 9.17. The second kappa shape index (κ2) is 3.58. The van der Waals surface area contributed by atoms with Gasteiger partial charge in [0.25, 0.3) is 0 Å². The molecule has 0 N–H and O–H groups in total. The van der Waals surface area contributed by atoms with Crippen molar-refractivity contribution in [1.82, 2.24) is 9.38 Å². The van der Waals surface area contributed by atoms with Crippen LogP contribution in [0.5, 0.6) is 0 Å². The maximum absolute atomic E-state index is 12.5. The first-order chi connectivity index (χ1) is 7.80. The van der Waals surface area contributed by atoms with Gasteiger partial charge in [0, 0.05) is 13.1 Å². The largest absolute Gasteiger partial charge is 0.417 e. The Kier molecular flexibility index (Phi) is 2.45. The number of Topliss-reactive ketones (excluding diaryl/α,β-unsaturated/α-hetero) is 1. The highest BCUT2D eigenvalue weighted by atomic mass is 19.4. The maximum atomic E-state index is 12.5. The van der Waals surface area contributed by atoms with Crippen molar-refractivity contribution in [2.75, 3.05) is 0 Å². The molecule has 0 amide bonds. The van der Waals surface area contributed by atoms with Crippen molar-refractivity contribution in [2.24, 2.45) is 0 Å². The fourth-order valence-corrected chi connectivity index (χ4v) is 1.66. The van der Waals surface area contributed by atoms with Gasteiger partial charge in [-0.3, -0.25) is 4.79 Å². The van der Waals surface area contributed by atoms with Gasteiger partial charge in [-0.15, -0.1) is 0 Å². The van der Waals surface area contributed by atoms with Crippen molar-refractivity contribution in [3.05, 3.63) is 35.4 Å². The summed E-state index contributed by atoms with van der Waals surface area (Å²) < 4.78 is 38.8. The minimum Gasteiger partial charge on any atom is -0.303 e. The number of hydrogen-bond acceptors (Lipinski definition) is 2. The average molecular weight is 242 g/mol. The van der Waals surface area contributed by atoms with Crippen molar-refractivity contribution < 1.29 is 18.0 Å². The molecule has 0 aromatic carbocycles. The molecular formula is C11H9F3N2O. The summed E-state index contributed by atoms with van der Waals surface area (Å²) in [5.41, 5.74) is -0.181. The lowest BCUT2D eigenvalue weighted by Crippen LogP contribution is -2.06. The molecule has 0 aliphatic carbocycles. The first-order valence-corrected chi connectivity index (χ1v) is 4.87. The molecule has 0 saturated carbocycles. The predicted octanol–water partition coefficient (Wildman–Crippen LogP) is 2.86. The van der Waals surface area contributed by atoms with Gasteiger partial charge in [-0.2, -0.15) is 13.2 Å². The number of carbonyl (C=O) groups excluding carboxylic acids is 1. The van der Waals surface area contributed by atoms with E-state index in [1.807, 2.05) is 0 Å². The van der Waals surface area contributed by atoms with Gasteiger partial charge in [-0.1, -0.05) is 0 Å². The Hall–Kier alpha value is -1.85. The Morgan fingerprint density at radius 3 is 2.53 bits per heavy atom. The van der Waals surface area contributed by atoms with Crippen molar-refractivity contribution >= 4 is 11.3 Å². The Morgan fingerprint density at radius 2 is 2.00 bits per heavy atom. The number of imidazole rings is 1. The molecule has 2 heterocycles. The number of pyridine rings is 1. The molecule has 2 aromatic heterocycles. The zero-order chi connectivity index (χ0) is 12.8. The fraction of sp³-hybridized carbons (Fsp3) is 0.273. The summed E-state index contributed by atoms with van der Waals surface area (Å²) in [5.74, 6) is 0.0895. The molecule has 0 radical (unpaired) electrons. The third kappa shape index (κ3) is 1.90. The Labute approximate surface area is 94.9 Å². The lowest BCUT2D eigenvalue weighted by molar-refractivity contribution is -0.137. The second-order valence-corrected chi connectivity index (χ2v) is 3.73. The summed E-state index contributed by atoms with van der Waals surface area (Å²) in [6.07, 6.45) is -3.45. The average Bonchev–Trinajstić information content (AvgIpc) is 2.55. The van der Waals surface area contributed by atoms with E-state index in [0.717, 1.165) is 12.3 Å². The molecule has 6 heteroatoms. The van der Waals surface area contributed by atoms with Gasteiger partial charge in [-0.25, -0.2) is 4.98 Å². The van der Waals surface area contributed by atoms with Gasteiger partial charge < -0.3 is 4.40 Å². The second-order valence-electron chi connectivity index (χ2n) is 3.73. The van der Waals surface area contributed by atoms with Crippen LogP contribution in [-0.2, 0) is 6.18 Å². The van der Waals surface area contributed by atoms with Crippen LogP contribution in [0.1, 0.15) is 28.8 Å². The van der Waals surface area contributed by atoms with E-state index in [2.05, 4.69) is 4.98 Å². The standard InChI is InChI=1S/C11H9F3N2O/c1-6(17)10-9-4-3-8(11(12,13)14)5-16(9)7(2)15-10/h3-5H,1-2H3. The normalized spacial score (nSPS) is 12.1. The van der Waals surface area contributed by atoms with Crippen LogP contribution >= 0.6 is 0 Å². The summed E-state index contributed by atoms with van der Waals surface area (Å²) in [6.45, 7) is 2.89. The number of hydrogen-bond donors (Lipinski definition) is 0. The Morgan fingerprint density at radius 1 is 1.35 bits per heavy atom. The first-order valence-electron chi connectivity index (χ1n) is 4.87. The fourth-order valence-electron chi connectivity index (χ4n) is 1.66. The molecule has 0 unspecified atom stereocenters.